The van der Waals surface area contributed by atoms with Gasteiger partial charge in [0.15, 0.2) is 0 Å². The van der Waals surface area contributed by atoms with Gasteiger partial charge in [-0.25, -0.2) is 22.9 Å². The minimum Gasteiger partial charge on any atom is -0.474 e. The first kappa shape index (κ1) is 19.3. The molecule has 1 aromatic heterocycles. The lowest BCUT2D eigenvalue weighted by atomic mass is 9.94. The zero-order valence-electron chi connectivity index (χ0n) is 15.0. The summed E-state index contributed by atoms with van der Waals surface area (Å²) in [5.41, 5.74) is 0.309. The molecule has 0 aliphatic heterocycles. The van der Waals surface area contributed by atoms with Crippen molar-refractivity contribution in [2.45, 2.75) is 42.7 Å². The number of ether oxygens (including phenoxy) is 2. The Hall–Kier alpha value is -2.45. The van der Waals surface area contributed by atoms with Crippen LogP contribution in [0.5, 0.6) is 5.88 Å². The Morgan fingerprint density at radius 1 is 1.07 bits per heavy atom. The molecule has 1 aliphatic rings. The van der Waals surface area contributed by atoms with Crippen LogP contribution in [0.4, 0.5) is 0 Å². The highest BCUT2D eigenvalue weighted by molar-refractivity contribution is 7.89. The Labute approximate surface area is 158 Å². The van der Waals surface area contributed by atoms with Crippen LogP contribution in [-0.4, -0.2) is 38.6 Å². The molecule has 0 atom stereocenters. The fourth-order valence-electron chi connectivity index (χ4n) is 3.06. The van der Waals surface area contributed by atoms with E-state index in [1.165, 1.54) is 31.4 Å². The quantitative estimate of drug-likeness (QED) is 0.762. The average Bonchev–Trinajstić information content (AvgIpc) is 2.69. The molecular weight excluding hydrogens is 368 g/mol. The second kappa shape index (κ2) is 8.49. The second-order valence-electron chi connectivity index (χ2n) is 6.40. The van der Waals surface area contributed by atoms with Crippen molar-refractivity contribution in [2.24, 2.45) is 0 Å². The van der Waals surface area contributed by atoms with Gasteiger partial charge < -0.3 is 9.47 Å². The van der Waals surface area contributed by atoms with Gasteiger partial charge in [0.05, 0.1) is 17.6 Å². The summed E-state index contributed by atoms with van der Waals surface area (Å²) in [4.78, 5) is 15.7. The van der Waals surface area contributed by atoms with E-state index in [4.69, 9.17) is 4.74 Å². The lowest BCUT2D eigenvalue weighted by Crippen LogP contribution is -2.39. The molecule has 1 fully saturated rings. The zero-order valence-corrected chi connectivity index (χ0v) is 15.8. The first-order chi connectivity index (χ1) is 13.0. The van der Waals surface area contributed by atoms with Crippen LogP contribution in [0.25, 0.3) is 0 Å². The average molecular weight is 390 g/mol. The standard InChI is InChI=1S/C19H22N2O5S/c1-25-19(22)14-5-11-17(12-6-14)27(23,24)21-15-7-9-16(10-8-15)26-18-4-2-3-13-20-18/h2-6,11-13,15-16,21H,7-10H2,1H3. The van der Waals surface area contributed by atoms with Gasteiger partial charge in [0, 0.05) is 18.3 Å². The maximum Gasteiger partial charge on any atom is 0.337 e. The predicted molar refractivity (Wildman–Crippen MR) is 99.0 cm³/mol. The molecule has 2 aromatic rings. The number of benzene rings is 1. The Morgan fingerprint density at radius 3 is 2.37 bits per heavy atom. The molecule has 0 spiro atoms. The van der Waals surface area contributed by atoms with Gasteiger partial charge in [0.25, 0.3) is 0 Å². The molecular formula is C19H22N2O5S. The SMILES string of the molecule is COC(=O)c1ccc(S(=O)(=O)NC2CCC(Oc3ccccn3)CC2)cc1. The van der Waals surface area contributed by atoms with Crippen LogP contribution in [0.3, 0.4) is 0 Å². The number of carbonyl (C=O) groups is 1. The summed E-state index contributed by atoms with van der Waals surface area (Å²) in [6, 6.07) is 11.1. The summed E-state index contributed by atoms with van der Waals surface area (Å²) in [6.07, 6.45) is 4.62. The molecule has 1 aromatic carbocycles. The molecule has 1 N–H and O–H groups in total. The van der Waals surface area contributed by atoms with Crippen LogP contribution in [-0.2, 0) is 14.8 Å². The Bertz CT molecular complexity index is 861. The van der Waals surface area contributed by atoms with E-state index >= 15 is 0 Å². The molecule has 1 saturated carbocycles. The van der Waals surface area contributed by atoms with Crippen LogP contribution in [0.2, 0.25) is 0 Å². The fraction of sp³-hybridized carbons (Fsp3) is 0.368. The predicted octanol–water partition coefficient (Wildman–Crippen LogP) is 2.54. The topological polar surface area (TPSA) is 94.6 Å². The molecule has 3 rings (SSSR count). The van der Waals surface area contributed by atoms with E-state index in [9.17, 15) is 13.2 Å². The van der Waals surface area contributed by atoms with Gasteiger partial charge in [-0.05, 0) is 56.0 Å². The first-order valence-corrected chi connectivity index (χ1v) is 10.2. The molecule has 7 nitrogen and oxygen atoms in total. The Balaban J connectivity index is 1.55. The lowest BCUT2D eigenvalue weighted by molar-refractivity contribution is 0.0600. The van der Waals surface area contributed by atoms with E-state index in [-0.39, 0.29) is 17.0 Å². The molecule has 0 bridgehead atoms. The molecule has 8 heteroatoms. The van der Waals surface area contributed by atoms with Gasteiger partial charge >= 0.3 is 5.97 Å². The molecule has 27 heavy (non-hydrogen) atoms. The number of carbonyl (C=O) groups excluding carboxylic acids is 1. The summed E-state index contributed by atoms with van der Waals surface area (Å²) in [7, 11) is -2.36. The number of nitrogens with one attached hydrogen (secondary N) is 1. The summed E-state index contributed by atoms with van der Waals surface area (Å²) >= 11 is 0. The number of rotatable bonds is 6. The smallest absolute Gasteiger partial charge is 0.337 e. The van der Waals surface area contributed by atoms with Crippen molar-refractivity contribution in [3.05, 3.63) is 54.2 Å². The van der Waals surface area contributed by atoms with Crippen molar-refractivity contribution in [3.8, 4) is 5.88 Å². The van der Waals surface area contributed by atoms with E-state index in [0.717, 1.165) is 12.8 Å². The Kier molecular flexibility index (Phi) is 6.08. The van der Waals surface area contributed by atoms with Crippen LogP contribution < -0.4 is 9.46 Å². The third-order valence-electron chi connectivity index (χ3n) is 4.51. The van der Waals surface area contributed by atoms with Gasteiger partial charge in [-0.15, -0.1) is 0 Å². The third-order valence-corrected chi connectivity index (χ3v) is 6.04. The normalized spacial score (nSPS) is 20.0. The van der Waals surface area contributed by atoms with Gasteiger partial charge in [-0.3, -0.25) is 0 Å². The number of pyridine rings is 1. The summed E-state index contributed by atoms with van der Waals surface area (Å²) in [6.45, 7) is 0. The van der Waals surface area contributed by atoms with Crippen LogP contribution in [0, 0.1) is 0 Å². The number of esters is 1. The van der Waals surface area contributed by atoms with Crippen molar-refractivity contribution < 1.29 is 22.7 Å². The van der Waals surface area contributed by atoms with Crippen molar-refractivity contribution in [2.75, 3.05) is 7.11 Å². The fourth-order valence-corrected chi connectivity index (χ4v) is 4.37. The summed E-state index contributed by atoms with van der Waals surface area (Å²) in [5, 5.41) is 0. The van der Waals surface area contributed by atoms with Crippen LogP contribution in [0.1, 0.15) is 36.0 Å². The highest BCUT2D eigenvalue weighted by Gasteiger charge is 2.27. The highest BCUT2D eigenvalue weighted by atomic mass is 32.2. The van der Waals surface area contributed by atoms with Gasteiger partial charge in [-0.2, -0.15) is 0 Å². The summed E-state index contributed by atoms with van der Waals surface area (Å²) in [5.74, 6) is 0.0883. The number of hydrogen-bond donors (Lipinski definition) is 1. The van der Waals surface area contributed by atoms with Crippen molar-refractivity contribution in [3.63, 3.8) is 0 Å². The van der Waals surface area contributed by atoms with Crippen LogP contribution in [0.15, 0.2) is 53.6 Å². The van der Waals surface area contributed by atoms with Gasteiger partial charge in [0.1, 0.15) is 6.10 Å². The number of methoxy groups -OCH3 is 1. The minimum atomic E-state index is -3.64. The van der Waals surface area contributed by atoms with Crippen molar-refractivity contribution >= 4 is 16.0 Å². The second-order valence-corrected chi connectivity index (χ2v) is 8.11. The van der Waals surface area contributed by atoms with Crippen molar-refractivity contribution in [1.29, 1.82) is 0 Å². The van der Waals surface area contributed by atoms with E-state index < -0.39 is 16.0 Å². The van der Waals surface area contributed by atoms with E-state index in [1.54, 1.807) is 6.20 Å². The van der Waals surface area contributed by atoms with E-state index in [0.29, 0.717) is 24.3 Å². The largest absolute Gasteiger partial charge is 0.474 e. The number of sulfonamides is 1. The molecule has 0 unspecified atom stereocenters. The highest BCUT2D eigenvalue weighted by Crippen LogP contribution is 2.24. The minimum absolute atomic E-state index is 0.0417. The first-order valence-electron chi connectivity index (χ1n) is 8.76. The maximum atomic E-state index is 12.6. The molecule has 0 radical (unpaired) electrons. The number of hydrogen-bond acceptors (Lipinski definition) is 6. The molecule has 1 heterocycles. The van der Waals surface area contributed by atoms with E-state index in [1.807, 2.05) is 18.2 Å². The molecule has 144 valence electrons. The lowest BCUT2D eigenvalue weighted by Gasteiger charge is -2.29. The number of nitrogens with zero attached hydrogens (tertiary/aromatic N) is 1. The van der Waals surface area contributed by atoms with Crippen molar-refractivity contribution in [1.82, 2.24) is 9.71 Å². The Morgan fingerprint density at radius 2 is 1.78 bits per heavy atom. The third kappa shape index (κ3) is 5.05. The zero-order chi connectivity index (χ0) is 19.3. The molecule has 0 amide bonds. The van der Waals surface area contributed by atoms with Gasteiger partial charge in [0.2, 0.25) is 15.9 Å². The van der Waals surface area contributed by atoms with Gasteiger partial charge in [-0.1, -0.05) is 6.07 Å². The maximum absolute atomic E-state index is 12.6. The molecule has 1 aliphatic carbocycles. The monoisotopic (exact) mass is 390 g/mol. The summed E-state index contributed by atoms with van der Waals surface area (Å²) < 4.78 is 38.3. The molecule has 0 saturated heterocycles. The van der Waals surface area contributed by atoms with E-state index in [2.05, 4.69) is 14.4 Å². The van der Waals surface area contributed by atoms with Crippen LogP contribution >= 0.6 is 0 Å². The number of aromatic nitrogens is 1.